The van der Waals surface area contributed by atoms with Gasteiger partial charge in [-0.05, 0) is 34.6 Å². The first-order valence-electron chi connectivity index (χ1n) is 5.79. The van der Waals surface area contributed by atoms with Gasteiger partial charge < -0.3 is 10.6 Å². The molecule has 0 aliphatic heterocycles. The molecule has 1 aromatic heterocycles. The van der Waals surface area contributed by atoms with Crippen molar-refractivity contribution >= 4 is 11.3 Å². The summed E-state index contributed by atoms with van der Waals surface area (Å²) >= 11 is 1.73. The normalized spacial score (nSPS) is 14.1. The van der Waals surface area contributed by atoms with Crippen LogP contribution in [0.3, 0.4) is 0 Å². The predicted octanol–water partition coefficient (Wildman–Crippen LogP) is 2.49. The van der Waals surface area contributed by atoms with Crippen LogP contribution in [0, 0.1) is 6.92 Å². The number of nitrogens with one attached hydrogen (secondary N) is 2. The molecule has 1 heterocycles. The Kier molecular flexibility index (Phi) is 4.89. The van der Waals surface area contributed by atoms with Gasteiger partial charge in [0.05, 0.1) is 6.04 Å². The largest absolute Gasteiger partial charge is 0.311 e. The number of hydrogen-bond acceptors (Lipinski definition) is 4. The third-order valence-corrected chi connectivity index (χ3v) is 3.38. The molecule has 2 N–H and O–H groups in total. The molecule has 0 aliphatic carbocycles. The quantitative estimate of drug-likeness (QED) is 0.778. The van der Waals surface area contributed by atoms with E-state index in [9.17, 15) is 0 Å². The molecule has 0 aliphatic rings. The highest BCUT2D eigenvalue weighted by molar-refractivity contribution is 7.09. The maximum absolute atomic E-state index is 4.47. The first-order chi connectivity index (χ1) is 7.38. The molecule has 1 unspecified atom stereocenters. The van der Waals surface area contributed by atoms with Crippen LogP contribution in [0.4, 0.5) is 0 Å². The zero-order valence-corrected chi connectivity index (χ0v) is 11.7. The molecule has 0 aromatic carbocycles. The molecule has 3 nitrogen and oxygen atoms in total. The van der Waals surface area contributed by atoms with Crippen molar-refractivity contribution in [3.63, 3.8) is 0 Å². The fraction of sp³-hybridized carbons (Fsp3) is 0.750. The minimum absolute atomic E-state index is 0.197. The molecule has 0 radical (unpaired) electrons. The Morgan fingerprint density at radius 1 is 1.38 bits per heavy atom. The van der Waals surface area contributed by atoms with Crippen LogP contribution in [0.1, 0.15) is 44.4 Å². The van der Waals surface area contributed by atoms with Gasteiger partial charge in [-0.1, -0.05) is 0 Å². The highest BCUT2D eigenvalue weighted by Gasteiger charge is 2.10. The zero-order valence-electron chi connectivity index (χ0n) is 10.9. The minimum Gasteiger partial charge on any atom is -0.311 e. The molecule has 0 fully saturated rings. The van der Waals surface area contributed by atoms with E-state index in [1.54, 1.807) is 11.3 Å². The Morgan fingerprint density at radius 3 is 2.56 bits per heavy atom. The van der Waals surface area contributed by atoms with E-state index in [2.05, 4.69) is 48.7 Å². The van der Waals surface area contributed by atoms with E-state index < -0.39 is 0 Å². The van der Waals surface area contributed by atoms with Crippen molar-refractivity contribution in [2.24, 2.45) is 0 Å². The van der Waals surface area contributed by atoms with Gasteiger partial charge >= 0.3 is 0 Å². The molecule has 4 heteroatoms. The Balaban J connectivity index is 2.23. The Hall–Kier alpha value is -0.450. The highest BCUT2D eigenvalue weighted by atomic mass is 32.1. The van der Waals surface area contributed by atoms with Crippen LogP contribution in [0.5, 0.6) is 0 Å². The SMILES string of the molecule is Cc1csc(C(C)NCCNC(C)(C)C)n1. The van der Waals surface area contributed by atoms with Crippen molar-refractivity contribution in [2.75, 3.05) is 13.1 Å². The summed E-state index contributed by atoms with van der Waals surface area (Å²) in [6.07, 6.45) is 0. The summed E-state index contributed by atoms with van der Waals surface area (Å²) in [6.45, 7) is 12.7. The molecule has 1 rings (SSSR count). The van der Waals surface area contributed by atoms with Gasteiger partial charge in [0.15, 0.2) is 0 Å². The van der Waals surface area contributed by atoms with Crippen molar-refractivity contribution in [3.8, 4) is 0 Å². The second-order valence-electron chi connectivity index (χ2n) is 5.18. The molecular formula is C12H23N3S. The Morgan fingerprint density at radius 2 is 2.06 bits per heavy atom. The highest BCUT2D eigenvalue weighted by Crippen LogP contribution is 2.16. The van der Waals surface area contributed by atoms with Gasteiger partial charge in [0, 0.05) is 29.7 Å². The Labute approximate surface area is 103 Å². The third-order valence-electron chi connectivity index (χ3n) is 2.24. The van der Waals surface area contributed by atoms with Crippen molar-refractivity contribution in [3.05, 3.63) is 16.1 Å². The van der Waals surface area contributed by atoms with Crippen molar-refractivity contribution in [2.45, 2.75) is 46.2 Å². The number of rotatable bonds is 5. The van der Waals surface area contributed by atoms with E-state index in [4.69, 9.17) is 0 Å². The van der Waals surface area contributed by atoms with Gasteiger partial charge in [0.1, 0.15) is 5.01 Å². The molecule has 0 spiro atoms. The lowest BCUT2D eigenvalue weighted by atomic mass is 10.1. The lowest BCUT2D eigenvalue weighted by Crippen LogP contribution is -2.40. The van der Waals surface area contributed by atoms with Gasteiger partial charge in [0.25, 0.3) is 0 Å². The molecule has 0 saturated carbocycles. The molecule has 16 heavy (non-hydrogen) atoms. The van der Waals surface area contributed by atoms with E-state index in [1.165, 1.54) is 5.01 Å². The molecule has 0 saturated heterocycles. The average molecular weight is 241 g/mol. The fourth-order valence-corrected chi connectivity index (χ4v) is 2.21. The maximum atomic E-state index is 4.47. The average Bonchev–Trinajstić information content (AvgIpc) is 2.57. The summed E-state index contributed by atoms with van der Waals surface area (Å²) in [5.41, 5.74) is 1.31. The van der Waals surface area contributed by atoms with Crippen LogP contribution in [-0.2, 0) is 0 Å². The van der Waals surface area contributed by atoms with Gasteiger partial charge in [-0.25, -0.2) is 4.98 Å². The van der Waals surface area contributed by atoms with Crippen LogP contribution < -0.4 is 10.6 Å². The lowest BCUT2D eigenvalue weighted by molar-refractivity contribution is 0.414. The van der Waals surface area contributed by atoms with Gasteiger partial charge in [-0.3, -0.25) is 0 Å². The monoisotopic (exact) mass is 241 g/mol. The van der Waals surface area contributed by atoms with Gasteiger partial charge in [0.2, 0.25) is 0 Å². The summed E-state index contributed by atoms with van der Waals surface area (Å²) in [6, 6.07) is 0.348. The van der Waals surface area contributed by atoms with Crippen molar-refractivity contribution in [1.29, 1.82) is 0 Å². The van der Waals surface area contributed by atoms with Gasteiger partial charge in [-0.2, -0.15) is 0 Å². The predicted molar refractivity (Wildman–Crippen MR) is 71.0 cm³/mol. The molecule has 1 atom stereocenters. The van der Waals surface area contributed by atoms with E-state index >= 15 is 0 Å². The van der Waals surface area contributed by atoms with Crippen molar-refractivity contribution < 1.29 is 0 Å². The van der Waals surface area contributed by atoms with E-state index in [0.29, 0.717) is 6.04 Å². The summed E-state index contributed by atoms with van der Waals surface area (Å²) in [5.74, 6) is 0. The first kappa shape index (κ1) is 13.6. The standard InChI is InChI=1S/C12H23N3S/c1-9-8-16-11(15-9)10(2)13-6-7-14-12(3,4)5/h8,10,13-14H,6-7H2,1-5H3. The topological polar surface area (TPSA) is 37.0 Å². The number of nitrogens with zero attached hydrogens (tertiary/aromatic N) is 1. The molecule has 0 amide bonds. The third kappa shape index (κ3) is 5.05. The summed E-state index contributed by atoms with van der Waals surface area (Å²) < 4.78 is 0. The van der Waals surface area contributed by atoms with Crippen LogP contribution in [0.15, 0.2) is 5.38 Å². The number of thiazole rings is 1. The number of aryl methyl sites for hydroxylation is 1. The van der Waals surface area contributed by atoms with Crippen LogP contribution in [-0.4, -0.2) is 23.6 Å². The minimum atomic E-state index is 0.197. The van der Waals surface area contributed by atoms with Crippen LogP contribution in [0.25, 0.3) is 0 Å². The van der Waals surface area contributed by atoms with E-state index in [0.717, 1.165) is 18.8 Å². The van der Waals surface area contributed by atoms with Gasteiger partial charge in [-0.15, -0.1) is 11.3 Å². The fourth-order valence-electron chi connectivity index (χ4n) is 1.38. The molecule has 1 aromatic rings. The number of aromatic nitrogens is 1. The summed E-state index contributed by atoms with van der Waals surface area (Å²) in [5, 5.41) is 10.2. The molecular weight excluding hydrogens is 218 g/mol. The molecule has 0 bridgehead atoms. The van der Waals surface area contributed by atoms with E-state index in [-0.39, 0.29) is 5.54 Å². The second-order valence-corrected chi connectivity index (χ2v) is 6.07. The lowest BCUT2D eigenvalue weighted by Gasteiger charge is -2.21. The zero-order chi connectivity index (χ0) is 12.2. The maximum Gasteiger partial charge on any atom is 0.110 e. The molecule has 92 valence electrons. The van der Waals surface area contributed by atoms with Crippen LogP contribution in [0.2, 0.25) is 0 Å². The van der Waals surface area contributed by atoms with Crippen molar-refractivity contribution in [1.82, 2.24) is 15.6 Å². The van der Waals surface area contributed by atoms with Crippen LogP contribution >= 0.6 is 11.3 Å². The summed E-state index contributed by atoms with van der Waals surface area (Å²) in [7, 11) is 0. The number of hydrogen-bond donors (Lipinski definition) is 2. The summed E-state index contributed by atoms with van der Waals surface area (Å²) in [4.78, 5) is 4.47. The van der Waals surface area contributed by atoms with E-state index in [1.807, 2.05) is 6.92 Å². The second kappa shape index (κ2) is 5.75. The smallest absolute Gasteiger partial charge is 0.110 e. The Bertz CT molecular complexity index is 314. The first-order valence-corrected chi connectivity index (χ1v) is 6.67.